The average Bonchev–Trinajstić information content (AvgIpc) is 2.66. The zero-order valence-corrected chi connectivity index (χ0v) is 8.82. The van der Waals surface area contributed by atoms with Crippen molar-refractivity contribution in [1.29, 1.82) is 0 Å². The molecule has 2 unspecified atom stereocenters. The fourth-order valence-electron chi connectivity index (χ4n) is 1.41. The highest BCUT2D eigenvalue weighted by atomic mass is 16.6. The number of hydrogen-bond donors (Lipinski definition) is 0. The van der Waals surface area contributed by atoms with Crippen molar-refractivity contribution in [2.75, 3.05) is 19.8 Å². The van der Waals surface area contributed by atoms with Gasteiger partial charge in [0.25, 0.3) is 0 Å². The smallest absolute Gasteiger partial charge is 0.335 e. The van der Waals surface area contributed by atoms with Crippen molar-refractivity contribution in [3.8, 4) is 0 Å². The largest absolute Gasteiger partial charge is 0.464 e. The standard InChI is InChI=1S/C10H18O4/c1-3-9(10(11)13-4-2)14-8-5-6-12-7-8/h8-9H,3-7H2,1-2H3. The summed E-state index contributed by atoms with van der Waals surface area (Å²) in [5.41, 5.74) is 0. The van der Waals surface area contributed by atoms with Gasteiger partial charge >= 0.3 is 5.97 Å². The third-order valence-electron chi connectivity index (χ3n) is 2.16. The fraction of sp³-hybridized carbons (Fsp3) is 0.900. The minimum atomic E-state index is -0.429. The van der Waals surface area contributed by atoms with Gasteiger partial charge in [-0.3, -0.25) is 0 Å². The van der Waals surface area contributed by atoms with E-state index in [1.54, 1.807) is 6.92 Å². The molecule has 14 heavy (non-hydrogen) atoms. The number of hydrogen-bond acceptors (Lipinski definition) is 4. The second kappa shape index (κ2) is 5.98. The lowest BCUT2D eigenvalue weighted by Gasteiger charge is -2.18. The maximum absolute atomic E-state index is 11.4. The molecule has 1 aliphatic rings. The summed E-state index contributed by atoms with van der Waals surface area (Å²) >= 11 is 0. The van der Waals surface area contributed by atoms with Crippen molar-refractivity contribution in [3.05, 3.63) is 0 Å². The first-order chi connectivity index (χ1) is 6.77. The molecule has 0 spiro atoms. The summed E-state index contributed by atoms with van der Waals surface area (Å²) < 4.78 is 15.6. The highest BCUT2D eigenvalue weighted by Crippen LogP contribution is 2.13. The fourth-order valence-corrected chi connectivity index (χ4v) is 1.41. The first-order valence-electron chi connectivity index (χ1n) is 5.17. The average molecular weight is 202 g/mol. The molecular weight excluding hydrogens is 184 g/mol. The van der Waals surface area contributed by atoms with Crippen LogP contribution in [0.25, 0.3) is 0 Å². The highest BCUT2D eigenvalue weighted by Gasteiger charge is 2.25. The summed E-state index contributed by atoms with van der Waals surface area (Å²) in [4.78, 5) is 11.4. The van der Waals surface area contributed by atoms with E-state index >= 15 is 0 Å². The Morgan fingerprint density at radius 3 is 2.86 bits per heavy atom. The van der Waals surface area contributed by atoms with Crippen LogP contribution in [0.4, 0.5) is 0 Å². The minimum Gasteiger partial charge on any atom is -0.464 e. The second-order valence-corrected chi connectivity index (χ2v) is 3.27. The molecule has 0 aliphatic carbocycles. The Kier molecular flexibility index (Phi) is 4.90. The molecule has 2 atom stereocenters. The lowest BCUT2D eigenvalue weighted by atomic mass is 10.2. The zero-order valence-electron chi connectivity index (χ0n) is 8.82. The molecule has 0 aromatic heterocycles. The van der Waals surface area contributed by atoms with Crippen molar-refractivity contribution in [1.82, 2.24) is 0 Å². The molecule has 1 saturated heterocycles. The molecule has 1 aliphatic heterocycles. The predicted octanol–water partition coefficient (Wildman–Crippen LogP) is 1.13. The SMILES string of the molecule is CCOC(=O)C(CC)OC1CCOC1. The van der Waals surface area contributed by atoms with E-state index in [-0.39, 0.29) is 12.1 Å². The van der Waals surface area contributed by atoms with Gasteiger partial charge in [0.05, 0.1) is 19.3 Å². The molecule has 0 N–H and O–H groups in total. The number of carbonyl (C=O) groups is 1. The summed E-state index contributed by atoms with van der Waals surface area (Å²) in [6, 6.07) is 0. The van der Waals surface area contributed by atoms with E-state index in [4.69, 9.17) is 14.2 Å². The lowest BCUT2D eigenvalue weighted by Crippen LogP contribution is -2.30. The van der Waals surface area contributed by atoms with Crippen LogP contribution in [-0.4, -0.2) is 38.0 Å². The van der Waals surface area contributed by atoms with E-state index in [0.717, 1.165) is 13.0 Å². The molecule has 4 nitrogen and oxygen atoms in total. The normalized spacial score (nSPS) is 23.4. The van der Waals surface area contributed by atoms with Gasteiger partial charge in [-0.2, -0.15) is 0 Å². The Balaban J connectivity index is 2.33. The van der Waals surface area contributed by atoms with E-state index in [1.807, 2.05) is 6.92 Å². The Hall–Kier alpha value is -0.610. The van der Waals surface area contributed by atoms with Crippen molar-refractivity contribution in [3.63, 3.8) is 0 Å². The molecule has 0 aromatic rings. The van der Waals surface area contributed by atoms with Gasteiger partial charge in [0.1, 0.15) is 0 Å². The van der Waals surface area contributed by atoms with Gasteiger partial charge in [0.15, 0.2) is 6.10 Å². The zero-order chi connectivity index (χ0) is 10.4. The molecule has 1 rings (SSSR count). The number of ether oxygens (including phenoxy) is 3. The van der Waals surface area contributed by atoms with E-state index in [2.05, 4.69) is 0 Å². The Bertz CT molecular complexity index is 175. The van der Waals surface area contributed by atoms with Gasteiger partial charge in [-0.25, -0.2) is 4.79 Å². The second-order valence-electron chi connectivity index (χ2n) is 3.27. The third kappa shape index (κ3) is 3.27. The van der Waals surface area contributed by atoms with Crippen molar-refractivity contribution < 1.29 is 19.0 Å². The van der Waals surface area contributed by atoms with Gasteiger partial charge in [-0.15, -0.1) is 0 Å². The number of rotatable bonds is 5. The van der Waals surface area contributed by atoms with E-state index in [9.17, 15) is 4.79 Å². The van der Waals surface area contributed by atoms with Gasteiger partial charge in [-0.1, -0.05) is 6.92 Å². The van der Waals surface area contributed by atoms with Crippen LogP contribution in [0.1, 0.15) is 26.7 Å². The van der Waals surface area contributed by atoms with Crippen molar-refractivity contribution in [2.24, 2.45) is 0 Å². The van der Waals surface area contributed by atoms with Crippen molar-refractivity contribution >= 4 is 5.97 Å². The van der Waals surface area contributed by atoms with Gasteiger partial charge in [-0.05, 0) is 19.8 Å². The maximum Gasteiger partial charge on any atom is 0.335 e. The first kappa shape index (κ1) is 11.5. The lowest BCUT2D eigenvalue weighted by molar-refractivity contribution is -0.160. The predicted molar refractivity (Wildman–Crippen MR) is 51.0 cm³/mol. The molecule has 0 amide bonds. The van der Waals surface area contributed by atoms with E-state index in [1.165, 1.54) is 0 Å². The van der Waals surface area contributed by atoms with Gasteiger partial charge in [0, 0.05) is 6.61 Å². The van der Waals surface area contributed by atoms with Crippen LogP contribution >= 0.6 is 0 Å². The Morgan fingerprint density at radius 1 is 1.57 bits per heavy atom. The summed E-state index contributed by atoms with van der Waals surface area (Å²) in [5, 5.41) is 0. The summed E-state index contributed by atoms with van der Waals surface area (Å²) in [6.07, 6.45) is 1.15. The molecule has 0 saturated carbocycles. The summed E-state index contributed by atoms with van der Waals surface area (Å²) in [6.45, 7) is 5.43. The monoisotopic (exact) mass is 202 g/mol. The molecular formula is C10H18O4. The summed E-state index contributed by atoms with van der Waals surface area (Å²) in [7, 11) is 0. The topological polar surface area (TPSA) is 44.8 Å². The van der Waals surface area contributed by atoms with Crippen LogP contribution in [0.5, 0.6) is 0 Å². The van der Waals surface area contributed by atoms with Crippen LogP contribution in [0, 0.1) is 0 Å². The Labute approximate surface area is 84.5 Å². The van der Waals surface area contributed by atoms with Crippen LogP contribution in [0.2, 0.25) is 0 Å². The quantitative estimate of drug-likeness (QED) is 0.627. The van der Waals surface area contributed by atoms with E-state index in [0.29, 0.717) is 19.6 Å². The first-order valence-corrected chi connectivity index (χ1v) is 5.17. The van der Waals surface area contributed by atoms with Crippen LogP contribution in [0.3, 0.4) is 0 Å². The van der Waals surface area contributed by atoms with E-state index < -0.39 is 6.10 Å². The number of carbonyl (C=O) groups excluding carboxylic acids is 1. The molecule has 1 fully saturated rings. The minimum absolute atomic E-state index is 0.0596. The van der Waals surface area contributed by atoms with Gasteiger partial charge in [0.2, 0.25) is 0 Å². The summed E-state index contributed by atoms with van der Waals surface area (Å²) in [5.74, 6) is -0.262. The maximum atomic E-state index is 11.4. The van der Waals surface area contributed by atoms with Crippen molar-refractivity contribution in [2.45, 2.75) is 38.9 Å². The van der Waals surface area contributed by atoms with Crippen LogP contribution < -0.4 is 0 Å². The van der Waals surface area contributed by atoms with Crippen LogP contribution in [-0.2, 0) is 19.0 Å². The molecule has 0 radical (unpaired) electrons. The molecule has 0 bridgehead atoms. The molecule has 0 aromatic carbocycles. The van der Waals surface area contributed by atoms with Crippen LogP contribution in [0.15, 0.2) is 0 Å². The molecule has 4 heteroatoms. The highest BCUT2D eigenvalue weighted by molar-refractivity contribution is 5.74. The van der Waals surface area contributed by atoms with Gasteiger partial charge < -0.3 is 14.2 Å². The Morgan fingerprint density at radius 2 is 2.36 bits per heavy atom. The molecule has 1 heterocycles. The molecule has 82 valence electrons. The number of esters is 1. The third-order valence-corrected chi connectivity index (χ3v) is 2.16.